The van der Waals surface area contributed by atoms with Crippen molar-refractivity contribution in [2.45, 2.75) is 25.0 Å². The maximum Gasteiger partial charge on any atom is 0.287 e. The average Bonchev–Trinajstić information content (AvgIpc) is 2.87. The second kappa shape index (κ2) is 4.27. The van der Waals surface area contributed by atoms with Crippen molar-refractivity contribution in [3.63, 3.8) is 0 Å². The molecule has 2 atom stereocenters. The maximum absolute atomic E-state index is 11.6. The molecule has 2 heterocycles. The summed E-state index contributed by atoms with van der Waals surface area (Å²) in [6.07, 6.45) is 1.71. The number of aliphatic hydroxyl groups is 1. The van der Waals surface area contributed by atoms with Gasteiger partial charge in [-0.15, -0.1) is 0 Å². The summed E-state index contributed by atoms with van der Waals surface area (Å²) < 4.78 is 10.2. The van der Waals surface area contributed by atoms with E-state index in [1.165, 1.54) is 6.26 Å². The third-order valence-corrected chi connectivity index (χ3v) is 2.96. The molecule has 88 valence electrons. The Morgan fingerprint density at radius 1 is 1.75 bits per heavy atom. The fourth-order valence-corrected chi connectivity index (χ4v) is 1.73. The van der Waals surface area contributed by atoms with Crippen LogP contribution in [-0.2, 0) is 4.74 Å². The van der Waals surface area contributed by atoms with E-state index in [1.807, 2.05) is 0 Å². The van der Waals surface area contributed by atoms with Crippen molar-refractivity contribution in [2.75, 3.05) is 13.2 Å². The van der Waals surface area contributed by atoms with E-state index < -0.39 is 5.60 Å². The van der Waals surface area contributed by atoms with Gasteiger partial charge in [-0.05, 0) is 19.1 Å². The van der Waals surface area contributed by atoms with Crippen molar-refractivity contribution >= 4 is 5.91 Å². The Morgan fingerprint density at radius 2 is 2.56 bits per heavy atom. The standard InChI is InChI=1S/C11H15NO4/c1-8-11(14,4-6-15-8)7-12-10(13)9-3-2-5-16-9/h2-3,5,8,14H,4,6-7H2,1H3,(H,12,13). The maximum atomic E-state index is 11.6. The molecule has 1 aliphatic rings. The first-order valence-electron chi connectivity index (χ1n) is 5.27. The lowest BCUT2D eigenvalue weighted by Gasteiger charge is -2.25. The normalized spacial score (nSPS) is 29.2. The van der Waals surface area contributed by atoms with Crippen LogP contribution in [0.1, 0.15) is 23.9 Å². The van der Waals surface area contributed by atoms with Gasteiger partial charge < -0.3 is 19.6 Å². The summed E-state index contributed by atoms with van der Waals surface area (Å²) in [6, 6.07) is 3.22. The van der Waals surface area contributed by atoms with Gasteiger partial charge in [0.15, 0.2) is 5.76 Å². The SMILES string of the molecule is CC1OCCC1(O)CNC(=O)c1ccco1. The van der Waals surface area contributed by atoms with Crippen LogP contribution in [-0.4, -0.2) is 35.9 Å². The Kier molecular flexibility index (Phi) is 2.98. The zero-order valence-electron chi connectivity index (χ0n) is 9.10. The molecule has 0 spiro atoms. The first-order chi connectivity index (χ1) is 7.62. The minimum absolute atomic E-state index is 0.174. The number of furan rings is 1. The number of carbonyl (C=O) groups is 1. The quantitative estimate of drug-likeness (QED) is 0.788. The summed E-state index contributed by atoms with van der Waals surface area (Å²) in [5.41, 5.74) is -0.970. The molecule has 1 aromatic heterocycles. The van der Waals surface area contributed by atoms with Crippen LogP contribution in [0.25, 0.3) is 0 Å². The highest BCUT2D eigenvalue weighted by Crippen LogP contribution is 2.24. The van der Waals surface area contributed by atoms with Crippen LogP contribution in [0.4, 0.5) is 0 Å². The molecule has 0 aliphatic carbocycles. The van der Waals surface area contributed by atoms with Gasteiger partial charge in [-0.3, -0.25) is 4.79 Å². The predicted octanol–water partition coefficient (Wildman–Crippen LogP) is 0.549. The van der Waals surface area contributed by atoms with Gasteiger partial charge in [-0.1, -0.05) is 0 Å². The molecular formula is C11H15NO4. The number of carbonyl (C=O) groups excluding carboxylic acids is 1. The Labute approximate surface area is 93.4 Å². The summed E-state index contributed by atoms with van der Waals surface area (Å²) in [7, 11) is 0. The molecule has 5 nitrogen and oxygen atoms in total. The third-order valence-electron chi connectivity index (χ3n) is 2.96. The Morgan fingerprint density at radius 3 is 3.12 bits per heavy atom. The van der Waals surface area contributed by atoms with Crippen LogP contribution in [0.2, 0.25) is 0 Å². The zero-order chi connectivity index (χ0) is 11.6. The smallest absolute Gasteiger partial charge is 0.287 e. The van der Waals surface area contributed by atoms with Gasteiger partial charge in [0.05, 0.1) is 12.4 Å². The van der Waals surface area contributed by atoms with E-state index in [0.29, 0.717) is 13.0 Å². The lowest BCUT2D eigenvalue weighted by Crippen LogP contribution is -2.47. The van der Waals surface area contributed by atoms with Crippen LogP contribution >= 0.6 is 0 Å². The molecule has 0 radical (unpaired) electrons. The fourth-order valence-electron chi connectivity index (χ4n) is 1.73. The highest BCUT2D eigenvalue weighted by molar-refractivity contribution is 5.91. The molecule has 0 saturated carbocycles. The largest absolute Gasteiger partial charge is 0.459 e. The Bertz CT molecular complexity index is 362. The minimum atomic E-state index is -0.970. The van der Waals surface area contributed by atoms with Gasteiger partial charge in [-0.2, -0.15) is 0 Å². The minimum Gasteiger partial charge on any atom is -0.459 e. The van der Waals surface area contributed by atoms with E-state index in [9.17, 15) is 9.90 Å². The van der Waals surface area contributed by atoms with Crippen molar-refractivity contribution in [2.24, 2.45) is 0 Å². The molecule has 2 unspecified atom stereocenters. The van der Waals surface area contributed by atoms with Crippen LogP contribution in [0.3, 0.4) is 0 Å². The first kappa shape index (κ1) is 11.2. The monoisotopic (exact) mass is 225 g/mol. The van der Waals surface area contributed by atoms with E-state index >= 15 is 0 Å². The van der Waals surface area contributed by atoms with Crippen molar-refractivity contribution in [1.82, 2.24) is 5.32 Å². The molecule has 0 bridgehead atoms. The summed E-state index contributed by atoms with van der Waals surface area (Å²) in [5.74, 6) is -0.0762. The lowest BCUT2D eigenvalue weighted by molar-refractivity contribution is -0.0252. The van der Waals surface area contributed by atoms with Gasteiger partial charge in [0, 0.05) is 19.6 Å². The summed E-state index contributed by atoms with van der Waals surface area (Å²) >= 11 is 0. The Balaban J connectivity index is 1.90. The Hall–Kier alpha value is -1.33. The number of nitrogens with one attached hydrogen (secondary N) is 1. The second-order valence-corrected chi connectivity index (χ2v) is 4.03. The molecule has 2 rings (SSSR count). The number of rotatable bonds is 3. The van der Waals surface area contributed by atoms with E-state index in [1.54, 1.807) is 19.1 Å². The molecule has 1 aromatic rings. The third kappa shape index (κ3) is 2.10. The fraction of sp³-hybridized carbons (Fsp3) is 0.545. The summed E-state index contributed by atoms with van der Waals surface area (Å²) in [4.78, 5) is 11.6. The second-order valence-electron chi connectivity index (χ2n) is 4.03. The molecule has 1 fully saturated rings. The number of hydrogen-bond acceptors (Lipinski definition) is 4. The molecule has 1 amide bonds. The van der Waals surface area contributed by atoms with Crippen LogP contribution in [0.5, 0.6) is 0 Å². The molecule has 0 aromatic carbocycles. The van der Waals surface area contributed by atoms with Crippen molar-refractivity contribution in [1.29, 1.82) is 0 Å². The van der Waals surface area contributed by atoms with Crippen molar-refractivity contribution in [3.8, 4) is 0 Å². The molecule has 1 saturated heterocycles. The highest BCUT2D eigenvalue weighted by Gasteiger charge is 2.39. The molecule has 1 aliphatic heterocycles. The van der Waals surface area contributed by atoms with Crippen LogP contribution in [0.15, 0.2) is 22.8 Å². The number of hydrogen-bond donors (Lipinski definition) is 2. The topological polar surface area (TPSA) is 71.7 Å². The molecular weight excluding hydrogens is 210 g/mol. The van der Waals surface area contributed by atoms with Gasteiger partial charge in [0.1, 0.15) is 5.60 Å². The van der Waals surface area contributed by atoms with Gasteiger partial charge in [0.2, 0.25) is 0 Å². The summed E-state index contributed by atoms with van der Waals surface area (Å²) in [6.45, 7) is 2.49. The first-order valence-corrected chi connectivity index (χ1v) is 5.27. The molecule has 5 heteroatoms. The van der Waals surface area contributed by atoms with Gasteiger partial charge >= 0.3 is 0 Å². The van der Waals surface area contributed by atoms with Crippen molar-refractivity contribution in [3.05, 3.63) is 24.2 Å². The van der Waals surface area contributed by atoms with E-state index in [2.05, 4.69) is 5.32 Å². The van der Waals surface area contributed by atoms with Crippen LogP contribution < -0.4 is 5.32 Å². The average molecular weight is 225 g/mol. The van der Waals surface area contributed by atoms with Gasteiger partial charge in [-0.25, -0.2) is 0 Å². The summed E-state index contributed by atoms with van der Waals surface area (Å²) in [5, 5.41) is 12.8. The predicted molar refractivity (Wildman–Crippen MR) is 56.0 cm³/mol. The van der Waals surface area contributed by atoms with E-state index in [4.69, 9.17) is 9.15 Å². The molecule has 16 heavy (non-hydrogen) atoms. The lowest BCUT2D eigenvalue weighted by atomic mass is 9.97. The zero-order valence-corrected chi connectivity index (χ0v) is 9.10. The highest BCUT2D eigenvalue weighted by atomic mass is 16.5. The van der Waals surface area contributed by atoms with Gasteiger partial charge in [0.25, 0.3) is 5.91 Å². The molecule has 2 N–H and O–H groups in total. The number of amides is 1. The number of ether oxygens (including phenoxy) is 1. The van der Waals surface area contributed by atoms with Crippen molar-refractivity contribution < 1.29 is 19.1 Å². The van der Waals surface area contributed by atoms with E-state index in [-0.39, 0.29) is 24.3 Å². The van der Waals surface area contributed by atoms with Crippen LogP contribution in [0, 0.1) is 0 Å². The van der Waals surface area contributed by atoms with E-state index in [0.717, 1.165) is 0 Å².